The maximum atomic E-state index is 14.4. The molecule has 26 heavy (non-hydrogen) atoms. The van der Waals surface area contributed by atoms with Gasteiger partial charge in [0.2, 0.25) is 5.95 Å². The lowest BCUT2D eigenvalue weighted by Gasteiger charge is -2.13. The largest absolute Gasteiger partial charge is 0.381 e. The molecular weight excluding hydrogens is 342 g/mol. The van der Waals surface area contributed by atoms with Crippen LogP contribution in [0.15, 0.2) is 18.5 Å². The highest BCUT2D eigenvalue weighted by Crippen LogP contribution is 2.40. The highest BCUT2D eigenvalue weighted by molar-refractivity contribution is 5.62. The Labute approximate surface area is 147 Å². The quantitative estimate of drug-likeness (QED) is 0.641. The summed E-state index contributed by atoms with van der Waals surface area (Å²) in [5, 5.41) is 9.99. The number of nitrogens with one attached hydrogen (secondary N) is 2. The fourth-order valence-electron chi connectivity index (χ4n) is 2.56. The molecule has 0 spiro atoms. The number of H-pyrrole nitrogens is 1. The number of nitrogens with zero attached hydrogens (tertiary/aromatic N) is 5. The Hall–Kier alpha value is -3.17. The first-order valence-corrected chi connectivity index (χ1v) is 8.14. The van der Waals surface area contributed by atoms with Gasteiger partial charge in [0.05, 0.1) is 18.4 Å². The number of rotatable bonds is 5. The molecule has 4 N–H and O–H groups in total. The Morgan fingerprint density at radius 1 is 1.23 bits per heavy atom. The van der Waals surface area contributed by atoms with Gasteiger partial charge < -0.3 is 11.1 Å². The molecule has 4 rings (SSSR count). The summed E-state index contributed by atoms with van der Waals surface area (Å²) < 4.78 is 27.3. The van der Waals surface area contributed by atoms with Crippen molar-refractivity contribution in [2.45, 2.75) is 31.7 Å². The van der Waals surface area contributed by atoms with Crippen molar-refractivity contribution in [3.8, 4) is 11.4 Å². The summed E-state index contributed by atoms with van der Waals surface area (Å²) in [6, 6.07) is 1.34. The van der Waals surface area contributed by atoms with Gasteiger partial charge in [-0.25, -0.2) is 23.7 Å². The SMILES string of the molecule is C[C@H](Nc1nc(N)c(F)c(-c2cc(C3CC3)[nH]n2)n1)c1ncc(F)cn1. The van der Waals surface area contributed by atoms with E-state index < -0.39 is 17.7 Å². The Kier molecular flexibility index (Phi) is 3.94. The Morgan fingerprint density at radius 2 is 1.96 bits per heavy atom. The fourth-order valence-corrected chi connectivity index (χ4v) is 2.56. The standard InChI is InChI=1S/C16H16F2N8/c1-7(15-20-5-9(17)6-21-15)22-16-23-13(12(18)14(19)24-16)11-4-10(25-26-11)8-2-3-8/h4-8H,2-3H2,1H3,(H,25,26)(H3,19,22,23,24)/t7-/m0/s1. The van der Waals surface area contributed by atoms with Crippen LogP contribution in [0.25, 0.3) is 11.4 Å². The Balaban J connectivity index is 1.62. The molecule has 3 aromatic rings. The maximum Gasteiger partial charge on any atom is 0.226 e. The van der Waals surface area contributed by atoms with E-state index in [1.54, 1.807) is 13.0 Å². The van der Waals surface area contributed by atoms with E-state index in [0.29, 0.717) is 17.4 Å². The van der Waals surface area contributed by atoms with Crippen molar-refractivity contribution >= 4 is 11.8 Å². The van der Waals surface area contributed by atoms with Crippen molar-refractivity contribution in [2.24, 2.45) is 0 Å². The number of aromatic nitrogens is 6. The number of anilines is 2. The molecular formula is C16H16F2N8. The zero-order valence-corrected chi connectivity index (χ0v) is 13.9. The highest BCUT2D eigenvalue weighted by atomic mass is 19.1. The molecule has 3 heterocycles. The Bertz CT molecular complexity index is 936. The normalized spacial score (nSPS) is 15.0. The van der Waals surface area contributed by atoms with Gasteiger partial charge in [0.15, 0.2) is 17.5 Å². The molecule has 0 radical (unpaired) electrons. The fraction of sp³-hybridized carbons (Fsp3) is 0.312. The molecule has 8 nitrogen and oxygen atoms in total. The minimum absolute atomic E-state index is 0.00961. The zero-order chi connectivity index (χ0) is 18.3. The van der Waals surface area contributed by atoms with Crippen molar-refractivity contribution in [1.82, 2.24) is 30.1 Å². The van der Waals surface area contributed by atoms with Gasteiger partial charge in [-0.2, -0.15) is 10.1 Å². The van der Waals surface area contributed by atoms with Gasteiger partial charge in [0.25, 0.3) is 0 Å². The molecule has 1 aliphatic carbocycles. The van der Waals surface area contributed by atoms with Crippen LogP contribution in [0.4, 0.5) is 20.5 Å². The zero-order valence-electron chi connectivity index (χ0n) is 13.9. The van der Waals surface area contributed by atoms with Gasteiger partial charge in [-0.3, -0.25) is 5.10 Å². The lowest BCUT2D eigenvalue weighted by molar-refractivity contribution is 0.604. The van der Waals surface area contributed by atoms with Crippen LogP contribution in [0, 0.1) is 11.6 Å². The van der Waals surface area contributed by atoms with Crippen LogP contribution in [-0.4, -0.2) is 30.1 Å². The van der Waals surface area contributed by atoms with E-state index in [9.17, 15) is 8.78 Å². The summed E-state index contributed by atoms with van der Waals surface area (Å²) in [5.41, 5.74) is 7.02. The molecule has 3 aromatic heterocycles. The van der Waals surface area contributed by atoms with Gasteiger partial charge >= 0.3 is 0 Å². The van der Waals surface area contributed by atoms with E-state index in [0.717, 1.165) is 30.9 Å². The number of hydrogen-bond acceptors (Lipinski definition) is 7. The topological polar surface area (TPSA) is 118 Å². The highest BCUT2D eigenvalue weighted by Gasteiger charge is 2.27. The average Bonchev–Trinajstić information content (AvgIpc) is 3.36. The number of hydrogen-bond donors (Lipinski definition) is 3. The van der Waals surface area contributed by atoms with Crippen LogP contribution in [0.2, 0.25) is 0 Å². The molecule has 0 aromatic carbocycles. The number of nitrogens with two attached hydrogens (primary N) is 1. The van der Waals surface area contributed by atoms with E-state index in [2.05, 4.69) is 35.5 Å². The van der Waals surface area contributed by atoms with Gasteiger partial charge in [0.1, 0.15) is 17.2 Å². The van der Waals surface area contributed by atoms with Gasteiger partial charge in [-0.05, 0) is 25.8 Å². The molecule has 0 unspecified atom stereocenters. The van der Waals surface area contributed by atoms with Crippen LogP contribution >= 0.6 is 0 Å². The molecule has 1 aliphatic rings. The molecule has 1 atom stereocenters. The second-order valence-corrected chi connectivity index (χ2v) is 6.20. The molecule has 134 valence electrons. The first kappa shape index (κ1) is 16.3. The molecule has 0 saturated heterocycles. The van der Waals surface area contributed by atoms with E-state index in [1.165, 1.54) is 0 Å². The van der Waals surface area contributed by atoms with Crippen LogP contribution < -0.4 is 11.1 Å². The molecule has 1 fully saturated rings. The average molecular weight is 358 g/mol. The van der Waals surface area contributed by atoms with Crippen molar-refractivity contribution in [3.63, 3.8) is 0 Å². The number of nitrogen functional groups attached to an aromatic ring is 1. The summed E-state index contributed by atoms with van der Waals surface area (Å²) >= 11 is 0. The monoisotopic (exact) mass is 358 g/mol. The summed E-state index contributed by atoms with van der Waals surface area (Å²) in [6.07, 6.45) is 4.32. The lowest BCUT2D eigenvalue weighted by Crippen LogP contribution is -2.14. The molecule has 0 amide bonds. The predicted molar refractivity (Wildman–Crippen MR) is 90.0 cm³/mol. The van der Waals surface area contributed by atoms with Crippen molar-refractivity contribution in [2.75, 3.05) is 11.1 Å². The molecule has 0 bridgehead atoms. The van der Waals surface area contributed by atoms with E-state index in [4.69, 9.17) is 5.73 Å². The van der Waals surface area contributed by atoms with Gasteiger partial charge in [0, 0.05) is 11.6 Å². The second-order valence-electron chi connectivity index (χ2n) is 6.20. The third kappa shape index (κ3) is 3.17. The van der Waals surface area contributed by atoms with Crippen LogP contribution in [0.3, 0.4) is 0 Å². The molecule has 10 heteroatoms. The van der Waals surface area contributed by atoms with E-state index in [1.807, 2.05) is 0 Å². The van der Waals surface area contributed by atoms with Crippen LogP contribution in [0.5, 0.6) is 0 Å². The van der Waals surface area contributed by atoms with Crippen molar-refractivity contribution in [1.29, 1.82) is 0 Å². The molecule has 0 aliphatic heterocycles. The van der Waals surface area contributed by atoms with Crippen molar-refractivity contribution in [3.05, 3.63) is 41.6 Å². The third-order valence-corrected chi connectivity index (χ3v) is 4.11. The summed E-state index contributed by atoms with van der Waals surface area (Å²) in [6.45, 7) is 1.75. The lowest BCUT2D eigenvalue weighted by atomic mass is 10.2. The van der Waals surface area contributed by atoms with E-state index >= 15 is 0 Å². The van der Waals surface area contributed by atoms with Crippen LogP contribution in [0.1, 0.15) is 43.2 Å². The second kappa shape index (κ2) is 6.28. The minimum Gasteiger partial charge on any atom is -0.381 e. The first-order valence-electron chi connectivity index (χ1n) is 8.14. The third-order valence-electron chi connectivity index (χ3n) is 4.11. The minimum atomic E-state index is -0.727. The number of halogens is 2. The summed E-state index contributed by atoms with van der Waals surface area (Å²) in [5.74, 6) is -0.649. The predicted octanol–water partition coefficient (Wildman–Crippen LogP) is 2.57. The summed E-state index contributed by atoms with van der Waals surface area (Å²) in [4.78, 5) is 15.9. The van der Waals surface area contributed by atoms with Gasteiger partial charge in [-0.15, -0.1) is 0 Å². The first-order chi connectivity index (χ1) is 12.5. The van der Waals surface area contributed by atoms with Gasteiger partial charge in [-0.1, -0.05) is 0 Å². The molecule has 1 saturated carbocycles. The maximum absolute atomic E-state index is 14.4. The smallest absolute Gasteiger partial charge is 0.226 e. The Morgan fingerprint density at radius 3 is 2.65 bits per heavy atom. The number of aromatic amines is 1. The summed E-state index contributed by atoms with van der Waals surface area (Å²) in [7, 11) is 0. The van der Waals surface area contributed by atoms with E-state index in [-0.39, 0.29) is 17.5 Å². The van der Waals surface area contributed by atoms with Crippen LogP contribution in [-0.2, 0) is 0 Å². The van der Waals surface area contributed by atoms with Crippen molar-refractivity contribution < 1.29 is 8.78 Å².